The minimum atomic E-state index is -0.239. The second-order valence-corrected chi connectivity index (χ2v) is 5.46. The lowest BCUT2D eigenvalue weighted by molar-refractivity contribution is 0.0945. The van der Waals surface area contributed by atoms with Crippen molar-refractivity contribution in [3.8, 4) is 5.75 Å². The molecule has 2 aromatic carbocycles. The maximum atomic E-state index is 11.9. The Labute approximate surface area is 138 Å². The van der Waals surface area contributed by atoms with Crippen LogP contribution in [0.2, 0.25) is 0 Å². The maximum absolute atomic E-state index is 11.9. The van der Waals surface area contributed by atoms with Crippen molar-refractivity contribution >= 4 is 17.4 Å². The minimum Gasteiger partial charge on any atom is -0.489 e. The molecule has 3 aromatic rings. The largest absolute Gasteiger partial charge is 0.489 e. The van der Waals surface area contributed by atoms with Gasteiger partial charge in [-0.1, -0.05) is 53.0 Å². The van der Waals surface area contributed by atoms with Crippen molar-refractivity contribution in [2.24, 2.45) is 0 Å². The Bertz CT molecular complexity index is 761. The maximum Gasteiger partial charge on any atom is 0.273 e. The van der Waals surface area contributed by atoms with Crippen LogP contribution in [-0.2, 0) is 13.2 Å². The first-order chi connectivity index (χ1) is 11.3. The molecule has 23 heavy (non-hydrogen) atoms. The monoisotopic (exact) mass is 325 g/mol. The molecule has 0 saturated heterocycles. The molecule has 0 radical (unpaired) electrons. The van der Waals surface area contributed by atoms with Crippen LogP contribution in [0.3, 0.4) is 0 Å². The van der Waals surface area contributed by atoms with Crippen molar-refractivity contribution in [1.82, 2.24) is 14.9 Å². The van der Waals surface area contributed by atoms with E-state index in [0.29, 0.717) is 18.8 Å². The molecule has 0 fully saturated rings. The summed E-state index contributed by atoms with van der Waals surface area (Å²) in [5, 5.41) is 8.20. The van der Waals surface area contributed by atoms with E-state index in [4.69, 9.17) is 4.74 Å². The highest BCUT2D eigenvalue weighted by Gasteiger charge is 2.10. The number of amides is 1. The number of hydrogen-bond donors (Lipinski definition) is 1. The molecule has 116 valence electrons. The summed E-state index contributed by atoms with van der Waals surface area (Å²) in [6.07, 6.45) is 0. The van der Waals surface area contributed by atoms with Crippen molar-refractivity contribution < 1.29 is 9.53 Å². The zero-order valence-corrected chi connectivity index (χ0v) is 13.1. The normalized spacial score (nSPS) is 10.3. The van der Waals surface area contributed by atoms with Crippen LogP contribution in [-0.4, -0.2) is 15.5 Å². The van der Waals surface area contributed by atoms with Crippen LogP contribution in [0.4, 0.5) is 0 Å². The zero-order chi connectivity index (χ0) is 15.9. The number of aromatic nitrogens is 2. The Balaban J connectivity index is 1.62. The van der Waals surface area contributed by atoms with Crippen LogP contribution < -0.4 is 10.1 Å². The summed E-state index contributed by atoms with van der Waals surface area (Å²) in [5.41, 5.74) is 2.34. The summed E-state index contributed by atoms with van der Waals surface area (Å²) in [4.78, 5) is 11.9. The number of nitrogens with zero attached hydrogens (tertiary/aromatic N) is 2. The third kappa shape index (κ3) is 4.14. The molecule has 0 aliphatic carbocycles. The molecule has 1 aromatic heterocycles. The van der Waals surface area contributed by atoms with Crippen molar-refractivity contribution in [2.45, 2.75) is 13.2 Å². The van der Waals surface area contributed by atoms with Gasteiger partial charge in [0.15, 0.2) is 5.69 Å². The van der Waals surface area contributed by atoms with Gasteiger partial charge in [-0.3, -0.25) is 4.79 Å². The van der Waals surface area contributed by atoms with Crippen molar-refractivity contribution in [1.29, 1.82) is 0 Å². The fourth-order valence-electron chi connectivity index (χ4n) is 2.06. The molecule has 0 aliphatic rings. The molecule has 0 atom stereocenters. The standard InChI is InChI=1S/C17H15N3O2S/c21-17(15-12-23-20-19-15)18-10-14-8-4-5-9-16(14)22-11-13-6-2-1-3-7-13/h1-9,12H,10-11H2,(H,18,21). The lowest BCUT2D eigenvalue weighted by atomic mass is 10.2. The molecule has 0 aliphatic heterocycles. The molecule has 3 rings (SSSR count). The van der Waals surface area contributed by atoms with Gasteiger partial charge < -0.3 is 10.1 Å². The number of hydrogen-bond acceptors (Lipinski definition) is 5. The van der Waals surface area contributed by atoms with E-state index in [1.165, 1.54) is 0 Å². The molecular formula is C17H15N3O2S. The lowest BCUT2D eigenvalue weighted by Gasteiger charge is -2.12. The number of carbonyl (C=O) groups excluding carboxylic acids is 1. The van der Waals surface area contributed by atoms with E-state index in [1.54, 1.807) is 5.38 Å². The molecule has 0 bridgehead atoms. The Morgan fingerprint density at radius 3 is 2.65 bits per heavy atom. The molecule has 1 heterocycles. The second kappa shape index (κ2) is 7.51. The SMILES string of the molecule is O=C(NCc1ccccc1OCc1ccccc1)c1csnn1. The quantitative estimate of drug-likeness (QED) is 0.756. The summed E-state index contributed by atoms with van der Waals surface area (Å²) >= 11 is 1.15. The van der Waals surface area contributed by atoms with E-state index >= 15 is 0 Å². The molecule has 6 heteroatoms. The smallest absolute Gasteiger partial charge is 0.273 e. The van der Waals surface area contributed by atoms with Crippen LogP contribution in [0.25, 0.3) is 0 Å². The van der Waals surface area contributed by atoms with Gasteiger partial charge in [0.1, 0.15) is 12.4 Å². The van der Waals surface area contributed by atoms with E-state index in [2.05, 4.69) is 14.9 Å². The lowest BCUT2D eigenvalue weighted by Crippen LogP contribution is -2.23. The summed E-state index contributed by atoms with van der Waals surface area (Å²) in [6, 6.07) is 17.6. The van der Waals surface area contributed by atoms with E-state index in [1.807, 2.05) is 54.6 Å². The van der Waals surface area contributed by atoms with Gasteiger partial charge in [-0.25, -0.2) is 0 Å². The molecular weight excluding hydrogens is 310 g/mol. The van der Waals surface area contributed by atoms with Crippen LogP contribution in [0, 0.1) is 0 Å². The molecule has 0 spiro atoms. The highest BCUT2D eigenvalue weighted by molar-refractivity contribution is 7.03. The van der Waals surface area contributed by atoms with Crippen molar-refractivity contribution in [3.63, 3.8) is 0 Å². The first-order valence-electron chi connectivity index (χ1n) is 7.13. The average Bonchev–Trinajstić information content (AvgIpc) is 3.14. The summed E-state index contributed by atoms with van der Waals surface area (Å²) < 4.78 is 9.55. The third-order valence-electron chi connectivity index (χ3n) is 3.24. The third-order valence-corrected chi connectivity index (χ3v) is 3.75. The minimum absolute atomic E-state index is 0.239. The number of nitrogens with one attached hydrogen (secondary N) is 1. The number of rotatable bonds is 6. The van der Waals surface area contributed by atoms with Crippen molar-refractivity contribution in [2.75, 3.05) is 0 Å². The molecule has 0 saturated carbocycles. The first-order valence-corrected chi connectivity index (χ1v) is 7.96. The number of carbonyl (C=O) groups is 1. The predicted molar refractivity (Wildman–Crippen MR) is 88.3 cm³/mol. The van der Waals surface area contributed by atoms with Gasteiger partial charge in [-0.05, 0) is 23.2 Å². The molecule has 0 unspecified atom stereocenters. The summed E-state index contributed by atoms with van der Waals surface area (Å²) in [5.74, 6) is 0.518. The van der Waals surface area contributed by atoms with Crippen LogP contribution in [0.5, 0.6) is 5.75 Å². The summed E-state index contributed by atoms with van der Waals surface area (Å²) in [7, 11) is 0. The van der Waals surface area contributed by atoms with Crippen LogP contribution in [0.15, 0.2) is 60.0 Å². The molecule has 5 nitrogen and oxygen atoms in total. The fraction of sp³-hybridized carbons (Fsp3) is 0.118. The van der Waals surface area contributed by atoms with Gasteiger partial charge >= 0.3 is 0 Å². The Morgan fingerprint density at radius 1 is 1.09 bits per heavy atom. The molecule has 1 N–H and O–H groups in total. The van der Waals surface area contributed by atoms with E-state index in [0.717, 1.165) is 28.4 Å². The van der Waals surface area contributed by atoms with E-state index < -0.39 is 0 Å². The number of benzene rings is 2. The van der Waals surface area contributed by atoms with Gasteiger partial charge in [0.25, 0.3) is 5.91 Å². The average molecular weight is 325 g/mol. The second-order valence-electron chi connectivity index (χ2n) is 4.85. The highest BCUT2D eigenvalue weighted by atomic mass is 32.1. The van der Waals surface area contributed by atoms with Gasteiger partial charge in [0.05, 0.1) is 0 Å². The molecule has 1 amide bonds. The van der Waals surface area contributed by atoms with Crippen LogP contribution in [0.1, 0.15) is 21.6 Å². The van der Waals surface area contributed by atoms with Crippen LogP contribution >= 0.6 is 11.5 Å². The zero-order valence-electron chi connectivity index (χ0n) is 12.3. The Hall–Kier alpha value is -2.73. The van der Waals surface area contributed by atoms with E-state index in [9.17, 15) is 4.79 Å². The van der Waals surface area contributed by atoms with Gasteiger partial charge in [0, 0.05) is 17.5 Å². The van der Waals surface area contributed by atoms with E-state index in [-0.39, 0.29) is 5.91 Å². The van der Waals surface area contributed by atoms with Crippen molar-refractivity contribution in [3.05, 3.63) is 76.8 Å². The van der Waals surface area contributed by atoms with Gasteiger partial charge in [-0.2, -0.15) is 0 Å². The fourth-order valence-corrected chi connectivity index (χ4v) is 2.49. The Kier molecular flexibility index (Phi) is 4.95. The van der Waals surface area contributed by atoms with Gasteiger partial charge in [0.2, 0.25) is 0 Å². The number of para-hydroxylation sites is 1. The Morgan fingerprint density at radius 2 is 1.87 bits per heavy atom. The topological polar surface area (TPSA) is 64.1 Å². The van der Waals surface area contributed by atoms with Gasteiger partial charge in [-0.15, -0.1) is 5.10 Å². The predicted octanol–water partition coefficient (Wildman–Crippen LogP) is 3.05. The highest BCUT2D eigenvalue weighted by Crippen LogP contribution is 2.19. The summed E-state index contributed by atoms with van der Waals surface area (Å²) in [6.45, 7) is 0.864. The number of ether oxygens (including phenoxy) is 1. The first kappa shape index (κ1) is 15.2.